The Morgan fingerprint density at radius 1 is 1.53 bits per heavy atom. The number of aliphatic hydroxyl groups excluding tert-OH is 1. The number of rotatable bonds is 2. The maximum Gasteiger partial charge on any atom is 0.143 e. The van der Waals surface area contributed by atoms with Crippen LogP contribution in [0.5, 0.6) is 0 Å². The van der Waals surface area contributed by atoms with E-state index < -0.39 is 5.82 Å². The number of nitrogens with two attached hydrogens (primary N) is 1. The highest BCUT2D eigenvalue weighted by atomic mass is 35.5. The van der Waals surface area contributed by atoms with Crippen LogP contribution in [0, 0.1) is 11.2 Å². The standard InChI is InChI=1S/C12H16ClFN2O/c1-12(2)10(5-11(12)17)16-9-4-7(14)6(13)3-8(9)15/h3-4,10-11,16-17H,5,15H2,1-2H3. The Morgan fingerprint density at radius 3 is 2.71 bits per heavy atom. The lowest BCUT2D eigenvalue weighted by molar-refractivity contribution is -0.0510. The molecule has 1 saturated carbocycles. The number of benzene rings is 1. The topological polar surface area (TPSA) is 58.3 Å². The molecule has 1 aromatic rings. The molecule has 1 fully saturated rings. The molecular weight excluding hydrogens is 243 g/mol. The van der Waals surface area contributed by atoms with Gasteiger partial charge in [0.15, 0.2) is 0 Å². The van der Waals surface area contributed by atoms with Gasteiger partial charge in [0.2, 0.25) is 0 Å². The van der Waals surface area contributed by atoms with Crippen molar-refractivity contribution in [1.29, 1.82) is 0 Å². The second-order valence-electron chi connectivity index (χ2n) is 5.12. The van der Waals surface area contributed by atoms with Crippen LogP contribution >= 0.6 is 11.6 Å². The molecule has 0 heterocycles. The lowest BCUT2D eigenvalue weighted by Gasteiger charge is -2.50. The van der Waals surface area contributed by atoms with Crippen LogP contribution in [-0.4, -0.2) is 17.3 Å². The van der Waals surface area contributed by atoms with Gasteiger partial charge in [-0.2, -0.15) is 0 Å². The van der Waals surface area contributed by atoms with E-state index in [1.54, 1.807) is 0 Å². The molecule has 4 N–H and O–H groups in total. The van der Waals surface area contributed by atoms with Gasteiger partial charge in [-0.1, -0.05) is 25.4 Å². The summed E-state index contributed by atoms with van der Waals surface area (Å²) in [6.07, 6.45) is 0.301. The van der Waals surface area contributed by atoms with E-state index in [0.717, 1.165) is 0 Å². The van der Waals surface area contributed by atoms with Gasteiger partial charge in [0.25, 0.3) is 0 Å². The maximum absolute atomic E-state index is 13.3. The molecule has 0 amide bonds. The lowest BCUT2D eigenvalue weighted by atomic mass is 9.64. The molecule has 0 aromatic heterocycles. The number of halogens is 2. The Balaban J connectivity index is 2.18. The van der Waals surface area contributed by atoms with Crippen molar-refractivity contribution in [3.63, 3.8) is 0 Å². The normalized spacial score (nSPS) is 26.4. The van der Waals surface area contributed by atoms with Gasteiger partial charge in [0, 0.05) is 17.5 Å². The van der Waals surface area contributed by atoms with E-state index in [-0.39, 0.29) is 22.6 Å². The zero-order valence-electron chi connectivity index (χ0n) is 9.80. The molecule has 17 heavy (non-hydrogen) atoms. The Bertz CT molecular complexity index is 450. The average Bonchev–Trinajstić information content (AvgIpc) is 2.25. The second kappa shape index (κ2) is 4.03. The van der Waals surface area contributed by atoms with Crippen molar-refractivity contribution in [1.82, 2.24) is 0 Å². The highest BCUT2D eigenvalue weighted by Gasteiger charge is 2.47. The van der Waals surface area contributed by atoms with E-state index in [4.69, 9.17) is 17.3 Å². The third-order valence-corrected chi connectivity index (χ3v) is 3.93. The minimum absolute atomic E-state index is 0.0148. The Labute approximate surface area is 105 Å². The van der Waals surface area contributed by atoms with Crippen LogP contribution in [0.3, 0.4) is 0 Å². The number of hydrogen-bond donors (Lipinski definition) is 3. The molecule has 0 spiro atoms. The van der Waals surface area contributed by atoms with Gasteiger partial charge in [0.05, 0.1) is 22.5 Å². The van der Waals surface area contributed by atoms with Crippen LogP contribution in [0.1, 0.15) is 20.3 Å². The van der Waals surface area contributed by atoms with E-state index in [1.165, 1.54) is 12.1 Å². The summed E-state index contributed by atoms with van der Waals surface area (Å²) in [5.41, 5.74) is 6.47. The van der Waals surface area contributed by atoms with Crippen molar-refractivity contribution >= 4 is 23.0 Å². The summed E-state index contributed by atoms with van der Waals surface area (Å²) in [5.74, 6) is -0.499. The fraction of sp³-hybridized carbons (Fsp3) is 0.500. The number of nitrogen functional groups attached to an aromatic ring is 1. The van der Waals surface area contributed by atoms with Crippen LogP contribution < -0.4 is 11.1 Å². The highest BCUT2D eigenvalue weighted by Crippen LogP contribution is 2.43. The maximum atomic E-state index is 13.3. The molecule has 0 radical (unpaired) electrons. The minimum atomic E-state index is -0.499. The summed E-state index contributed by atoms with van der Waals surface area (Å²) >= 11 is 5.63. The predicted octanol–water partition coefficient (Wildman–Crippen LogP) is 2.63. The van der Waals surface area contributed by atoms with Crippen molar-refractivity contribution in [3.8, 4) is 0 Å². The lowest BCUT2D eigenvalue weighted by Crippen LogP contribution is -2.56. The third kappa shape index (κ3) is 2.07. The first kappa shape index (κ1) is 12.5. The number of anilines is 2. The van der Waals surface area contributed by atoms with Crippen molar-refractivity contribution < 1.29 is 9.50 Å². The van der Waals surface area contributed by atoms with E-state index in [1.807, 2.05) is 13.8 Å². The third-order valence-electron chi connectivity index (χ3n) is 3.64. The van der Waals surface area contributed by atoms with Crippen LogP contribution in [-0.2, 0) is 0 Å². The van der Waals surface area contributed by atoms with Gasteiger partial charge in [-0.05, 0) is 12.5 Å². The number of hydrogen-bond acceptors (Lipinski definition) is 3. The number of nitrogens with one attached hydrogen (secondary N) is 1. The highest BCUT2D eigenvalue weighted by molar-refractivity contribution is 6.31. The molecular formula is C12H16ClFN2O. The molecule has 5 heteroatoms. The molecule has 1 aliphatic rings. The fourth-order valence-corrected chi connectivity index (χ4v) is 2.19. The number of aliphatic hydroxyl groups is 1. The van der Waals surface area contributed by atoms with Gasteiger partial charge < -0.3 is 16.2 Å². The average molecular weight is 259 g/mol. The first-order valence-electron chi connectivity index (χ1n) is 5.51. The summed E-state index contributed by atoms with van der Waals surface area (Å²) in [5, 5.41) is 12.8. The van der Waals surface area contributed by atoms with Crippen molar-refractivity contribution in [2.75, 3.05) is 11.1 Å². The molecule has 1 aliphatic carbocycles. The van der Waals surface area contributed by atoms with Gasteiger partial charge in [0.1, 0.15) is 5.82 Å². The summed E-state index contributed by atoms with van der Waals surface area (Å²) in [7, 11) is 0. The Morgan fingerprint density at radius 2 is 2.18 bits per heavy atom. The van der Waals surface area contributed by atoms with E-state index in [2.05, 4.69) is 5.32 Å². The van der Waals surface area contributed by atoms with Gasteiger partial charge in [-0.3, -0.25) is 0 Å². The largest absolute Gasteiger partial charge is 0.397 e. The van der Waals surface area contributed by atoms with Crippen LogP contribution in [0.15, 0.2) is 12.1 Å². The molecule has 0 saturated heterocycles. The Hall–Kier alpha value is -1.00. The van der Waals surface area contributed by atoms with E-state index >= 15 is 0 Å². The van der Waals surface area contributed by atoms with Crippen molar-refractivity contribution in [3.05, 3.63) is 23.0 Å². The molecule has 0 aliphatic heterocycles. The zero-order valence-corrected chi connectivity index (χ0v) is 10.6. The minimum Gasteiger partial charge on any atom is -0.397 e. The second-order valence-corrected chi connectivity index (χ2v) is 5.53. The van der Waals surface area contributed by atoms with Crippen molar-refractivity contribution in [2.45, 2.75) is 32.4 Å². The SMILES string of the molecule is CC1(C)C(O)CC1Nc1cc(F)c(Cl)cc1N. The zero-order chi connectivity index (χ0) is 12.8. The molecule has 2 unspecified atom stereocenters. The predicted molar refractivity (Wildman–Crippen MR) is 67.6 cm³/mol. The molecule has 94 valence electrons. The van der Waals surface area contributed by atoms with E-state index in [9.17, 15) is 9.50 Å². The molecule has 1 aromatic carbocycles. The van der Waals surface area contributed by atoms with Crippen LogP contribution in [0.2, 0.25) is 5.02 Å². The molecule has 3 nitrogen and oxygen atoms in total. The molecule has 0 bridgehead atoms. The van der Waals surface area contributed by atoms with Crippen LogP contribution in [0.4, 0.5) is 15.8 Å². The first-order valence-corrected chi connectivity index (χ1v) is 5.89. The summed E-state index contributed by atoms with van der Waals surface area (Å²) in [6.45, 7) is 3.92. The van der Waals surface area contributed by atoms with Crippen molar-refractivity contribution in [2.24, 2.45) is 5.41 Å². The first-order chi connectivity index (χ1) is 7.82. The fourth-order valence-electron chi connectivity index (χ4n) is 2.02. The summed E-state index contributed by atoms with van der Waals surface area (Å²) in [4.78, 5) is 0. The smallest absolute Gasteiger partial charge is 0.143 e. The monoisotopic (exact) mass is 258 g/mol. The quantitative estimate of drug-likeness (QED) is 0.715. The summed E-state index contributed by atoms with van der Waals surface area (Å²) in [6, 6.07) is 2.76. The van der Waals surface area contributed by atoms with Gasteiger partial charge in [-0.25, -0.2) is 4.39 Å². The Kier molecular flexibility index (Phi) is 2.96. The van der Waals surface area contributed by atoms with Gasteiger partial charge in [-0.15, -0.1) is 0 Å². The van der Waals surface area contributed by atoms with E-state index in [0.29, 0.717) is 17.8 Å². The molecule has 2 atom stereocenters. The summed E-state index contributed by atoms with van der Waals surface area (Å²) < 4.78 is 13.3. The van der Waals surface area contributed by atoms with Gasteiger partial charge >= 0.3 is 0 Å². The van der Waals surface area contributed by atoms with Crippen LogP contribution in [0.25, 0.3) is 0 Å². The molecule has 2 rings (SSSR count).